The molecule has 0 radical (unpaired) electrons. The van der Waals surface area contributed by atoms with Crippen LogP contribution in [0.3, 0.4) is 0 Å². The standard InChI is InChI=1S/C14H32P.C10H12N4/c1-5-9-12-15(8-4,13-10-6-2)14-11-7-3;11-6-10-8-14(13-12-10)7-9-4-2-1-3-5-9/h5-14H2,1-4H3;1-5,8H,6-7,11H2/q+1;. The van der Waals surface area contributed by atoms with Crippen molar-refractivity contribution >= 4 is 7.26 Å². The fourth-order valence-corrected chi connectivity index (χ4v) is 8.15. The summed E-state index contributed by atoms with van der Waals surface area (Å²) in [4.78, 5) is 0. The van der Waals surface area contributed by atoms with Crippen LogP contribution in [0, 0.1) is 0 Å². The third kappa shape index (κ3) is 10.4. The van der Waals surface area contributed by atoms with Crippen molar-refractivity contribution in [1.29, 1.82) is 0 Å². The van der Waals surface area contributed by atoms with Crippen LogP contribution in [0.5, 0.6) is 0 Å². The normalized spacial score (nSPS) is 11.2. The largest absolute Gasteiger partial charge is 0.325 e. The van der Waals surface area contributed by atoms with Gasteiger partial charge in [0.2, 0.25) is 0 Å². The highest BCUT2D eigenvalue weighted by Gasteiger charge is 2.32. The summed E-state index contributed by atoms with van der Waals surface area (Å²) in [6, 6.07) is 10.1. The SMILES string of the molecule is CCCC[P+](CC)(CCCC)CCCC.NCc1cn(Cc2ccccc2)nn1. The van der Waals surface area contributed by atoms with E-state index >= 15 is 0 Å². The van der Waals surface area contributed by atoms with E-state index in [0.29, 0.717) is 6.54 Å². The molecule has 1 aromatic heterocycles. The topological polar surface area (TPSA) is 56.7 Å². The third-order valence-corrected chi connectivity index (χ3v) is 10.7. The average molecular weight is 420 g/mol. The van der Waals surface area contributed by atoms with E-state index in [1.54, 1.807) is 23.2 Å². The summed E-state index contributed by atoms with van der Waals surface area (Å²) >= 11 is 0. The van der Waals surface area contributed by atoms with Crippen molar-refractivity contribution < 1.29 is 0 Å². The van der Waals surface area contributed by atoms with Crippen LogP contribution in [0.4, 0.5) is 0 Å². The fraction of sp³-hybridized carbons (Fsp3) is 0.667. The zero-order valence-corrected chi connectivity index (χ0v) is 20.2. The molecule has 0 aliphatic rings. The smallest absolute Gasteiger partial charge is 0.0962 e. The van der Waals surface area contributed by atoms with Crippen molar-refractivity contribution in [3.63, 3.8) is 0 Å². The fourth-order valence-electron chi connectivity index (χ4n) is 3.57. The first-order valence-corrected chi connectivity index (χ1v) is 14.1. The minimum absolute atomic E-state index is 0.439. The van der Waals surface area contributed by atoms with E-state index in [2.05, 4.69) is 50.1 Å². The Balaban J connectivity index is 0.000000290. The summed E-state index contributed by atoms with van der Waals surface area (Å²) in [5.41, 5.74) is 7.47. The van der Waals surface area contributed by atoms with Crippen LogP contribution >= 0.6 is 7.26 Å². The van der Waals surface area contributed by atoms with Gasteiger partial charge in [0.25, 0.3) is 0 Å². The molecule has 0 aliphatic carbocycles. The Morgan fingerprint density at radius 2 is 1.41 bits per heavy atom. The number of rotatable bonds is 13. The van der Waals surface area contributed by atoms with Crippen molar-refractivity contribution in [1.82, 2.24) is 15.0 Å². The lowest BCUT2D eigenvalue weighted by atomic mass is 10.2. The molecular formula is C24H44N4P+. The first kappa shape index (κ1) is 25.8. The van der Waals surface area contributed by atoms with Crippen LogP contribution in [0.15, 0.2) is 36.5 Å². The van der Waals surface area contributed by atoms with E-state index in [4.69, 9.17) is 5.73 Å². The summed E-state index contributed by atoms with van der Waals surface area (Å²) in [5, 5.41) is 7.89. The van der Waals surface area contributed by atoms with Gasteiger partial charge < -0.3 is 5.73 Å². The number of hydrogen-bond donors (Lipinski definition) is 1. The van der Waals surface area contributed by atoms with Crippen LogP contribution in [0.2, 0.25) is 0 Å². The second kappa shape index (κ2) is 15.6. The Hall–Kier alpha value is -1.25. The van der Waals surface area contributed by atoms with Gasteiger partial charge in [-0.3, -0.25) is 0 Å². The van der Waals surface area contributed by atoms with E-state index in [9.17, 15) is 0 Å². The monoisotopic (exact) mass is 419 g/mol. The maximum absolute atomic E-state index is 5.44. The molecule has 0 unspecified atom stereocenters. The molecule has 164 valence electrons. The Kier molecular flexibility index (Phi) is 13.8. The van der Waals surface area contributed by atoms with Gasteiger partial charge in [-0.2, -0.15) is 0 Å². The molecule has 2 rings (SSSR count). The molecule has 4 nitrogen and oxygen atoms in total. The zero-order valence-electron chi connectivity index (χ0n) is 19.3. The minimum atomic E-state index is -0.527. The van der Waals surface area contributed by atoms with E-state index in [0.717, 1.165) is 12.2 Å². The number of unbranched alkanes of at least 4 members (excludes halogenated alkanes) is 3. The third-order valence-electron chi connectivity index (χ3n) is 5.61. The second-order valence-corrected chi connectivity index (χ2v) is 12.6. The molecular weight excluding hydrogens is 375 g/mol. The van der Waals surface area contributed by atoms with Gasteiger partial charge in [-0.25, -0.2) is 4.68 Å². The van der Waals surface area contributed by atoms with Crippen molar-refractivity contribution in [3.05, 3.63) is 47.8 Å². The van der Waals surface area contributed by atoms with Crippen molar-refractivity contribution in [2.75, 3.05) is 24.6 Å². The Labute approximate surface area is 180 Å². The summed E-state index contributed by atoms with van der Waals surface area (Å²) in [6.45, 7) is 10.6. The van der Waals surface area contributed by atoms with Crippen LogP contribution in [-0.4, -0.2) is 39.6 Å². The van der Waals surface area contributed by atoms with Crippen LogP contribution in [0.25, 0.3) is 0 Å². The molecule has 0 aliphatic heterocycles. The number of hydrogen-bond acceptors (Lipinski definition) is 3. The highest BCUT2D eigenvalue weighted by Crippen LogP contribution is 2.60. The van der Waals surface area contributed by atoms with Gasteiger partial charge >= 0.3 is 0 Å². The minimum Gasteiger partial charge on any atom is -0.325 e. The Bertz CT molecular complexity index is 605. The maximum Gasteiger partial charge on any atom is 0.0962 e. The lowest BCUT2D eigenvalue weighted by Crippen LogP contribution is -2.11. The summed E-state index contributed by atoms with van der Waals surface area (Å²) < 4.78 is 1.79. The molecule has 2 N–H and O–H groups in total. The number of nitrogens with two attached hydrogens (primary N) is 1. The number of aromatic nitrogens is 3. The van der Waals surface area contributed by atoms with Crippen LogP contribution < -0.4 is 5.73 Å². The van der Waals surface area contributed by atoms with Gasteiger partial charge in [0.15, 0.2) is 0 Å². The summed E-state index contributed by atoms with van der Waals surface area (Å²) in [5.74, 6) is 0. The highest BCUT2D eigenvalue weighted by molar-refractivity contribution is 7.75. The molecule has 0 amide bonds. The van der Waals surface area contributed by atoms with Crippen molar-refractivity contribution in [2.24, 2.45) is 5.73 Å². The van der Waals surface area contributed by atoms with Crippen molar-refractivity contribution in [2.45, 2.75) is 79.3 Å². The van der Waals surface area contributed by atoms with Gasteiger partial charge in [-0.05, 0) is 31.7 Å². The average Bonchev–Trinajstić information content (AvgIpc) is 3.22. The van der Waals surface area contributed by atoms with Gasteiger partial charge in [0, 0.05) is 13.8 Å². The molecule has 0 saturated heterocycles. The van der Waals surface area contributed by atoms with Crippen molar-refractivity contribution in [3.8, 4) is 0 Å². The summed E-state index contributed by atoms with van der Waals surface area (Å²) in [7, 11) is -0.527. The molecule has 1 aromatic carbocycles. The number of benzene rings is 1. The van der Waals surface area contributed by atoms with Gasteiger partial charge in [0.1, 0.15) is 0 Å². The van der Waals surface area contributed by atoms with E-state index < -0.39 is 7.26 Å². The Morgan fingerprint density at radius 1 is 0.862 bits per heavy atom. The van der Waals surface area contributed by atoms with Crippen LogP contribution in [-0.2, 0) is 13.1 Å². The predicted molar refractivity (Wildman–Crippen MR) is 130 cm³/mol. The molecule has 0 bridgehead atoms. The summed E-state index contributed by atoms with van der Waals surface area (Å²) in [6.07, 6.45) is 16.7. The second-order valence-electron chi connectivity index (χ2n) is 7.99. The Morgan fingerprint density at radius 3 is 1.83 bits per heavy atom. The molecule has 2 aromatic rings. The molecule has 0 fully saturated rings. The van der Waals surface area contributed by atoms with Gasteiger partial charge in [-0.15, -0.1) is 5.10 Å². The molecule has 29 heavy (non-hydrogen) atoms. The first-order valence-electron chi connectivity index (χ1n) is 11.6. The quantitative estimate of drug-likeness (QED) is 0.393. The van der Waals surface area contributed by atoms with Crippen LogP contribution in [0.1, 0.15) is 77.5 Å². The number of nitrogens with zero attached hydrogens (tertiary/aromatic N) is 3. The van der Waals surface area contributed by atoms with E-state index in [1.807, 2.05) is 24.4 Å². The molecule has 0 saturated carbocycles. The zero-order chi connectivity index (χ0) is 21.4. The molecule has 1 heterocycles. The highest BCUT2D eigenvalue weighted by atomic mass is 31.2. The maximum atomic E-state index is 5.44. The molecule has 0 spiro atoms. The molecule has 0 atom stereocenters. The van der Waals surface area contributed by atoms with Gasteiger partial charge in [-0.1, -0.05) is 75.6 Å². The first-order chi connectivity index (χ1) is 14.1. The van der Waals surface area contributed by atoms with Gasteiger partial charge in [0.05, 0.1) is 43.1 Å². The lowest BCUT2D eigenvalue weighted by molar-refractivity contribution is 0.649. The van der Waals surface area contributed by atoms with E-state index in [-0.39, 0.29) is 0 Å². The van der Waals surface area contributed by atoms with E-state index in [1.165, 1.54) is 50.3 Å². The molecule has 5 heteroatoms. The predicted octanol–water partition coefficient (Wildman–Crippen LogP) is 6.21. The lowest BCUT2D eigenvalue weighted by Gasteiger charge is -2.26.